The highest BCUT2D eigenvalue weighted by Crippen LogP contribution is 2.11. The lowest BCUT2D eigenvalue weighted by molar-refractivity contribution is 0.320. The summed E-state index contributed by atoms with van der Waals surface area (Å²) >= 11 is 5.05. The molecule has 0 bridgehead atoms. The fraction of sp³-hybridized carbons (Fsp3) is 0.462. The van der Waals surface area contributed by atoms with E-state index < -0.39 is 0 Å². The molecule has 0 aliphatic rings. The summed E-state index contributed by atoms with van der Waals surface area (Å²) in [5.41, 5.74) is 7.92. The van der Waals surface area contributed by atoms with Gasteiger partial charge in [-0.1, -0.05) is 49.8 Å². The Morgan fingerprint density at radius 2 is 2.06 bits per heavy atom. The van der Waals surface area contributed by atoms with Crippen LogP contribution in [0.4, 0.5) is 0 Å². The van der Waals surface area contributed by atoms with E-state index in [9.17, 15) is 0 Å². The molecule has 16 heavy (non-hydrogen) atoms. The molecule has 1 rings (SSSR count). The van der Waals surface area contributed by atoms with E-state index >= 15 is 0 Å². The van der Waals surface area contributed by atoms with Crippen LogP contribution in [-0.4, -0.2) is 23.5 Å². The van der Waals surface area contributed by atoms with Gasteiger partial charge in [0.2, 0.25) is 0 Å². The number of unbranched alkanes of at least 4 members (excludes halogenated alkanes) is 1. The van der Waals surface area contributed by atoms with Gasteiger partial charge in [0.05, 0.1) is 0 Å². The Morgan fingerprint density at radius 3 is 2.69 bits per heavy atom. The fourth-order valence-electron chi connectivity index (χ4n) is 1.70. The maximum Gasteiger partial charge on any atom is 0.104 e. The minimum Gasteiger partial charge on any atom is -0.389 e. The van der Waals surface area contributed by atoms with Gasteiger partial charge in [-0.2, -0.15) is 0 Å². The Kier molecular flexibility index (Phi) is 5.43. The van der Waals surface area contributed by atoms with Gasteiger partial charge in [0.1, 0.15) is 4.99 Å². The van der Waals surface area contributed by atoms with Gasteiger partial charge >= 0.3 is 0 Å². The summed E-state index contributed by atoms with van der Waals surface area (Å²) in [6.07, 6.45) is 2.45. The third-order valence-electron chi connectivity index (χ3n) is 2.62. The minimum atomic E-state index is 0.486. The maximum atomic E-state index is 5.70. The molecule has 2 nitrogen and oxygen atoms in total. The zero-order chi connectivity index (χ0) is 12.0. The second-order valence-corrected chi connectivity index (χ2v) is 4.55. The van der Waals surface area contributed by atoms with E-state index in [2.05, 4.69) is 24.9 Å². The lowest BCUT2D eigenvalue weighted by atomic mass is 10.1. The molecule has 0 aliphatic carbocycles. The summed E-state index contributed by atoms with van der Waals surface area (Å²) in [5, 5.41) is 0. The molecule has 0 fully saturated rings. The van der Waals surface area contributed by atoms with Crippen LogP contribution in [0.15, 0.2) is 24.3 Å². The van der Waals surface area contributed by atoms with Crippen LogP contribution in [-0.2, 0) is 6.54 Å². The van der Waals surface area contributed by atoms with Gasteiger partial charge in [0, 0.05) is 12.1 Å². The molecule has 2 N–H and O–H groups in total. The third kappa shape index (κ3) is 3.91. The van der Waals surface area contributed by atoms with Crippen LogP contribution in [0, 0.1) is 0 Å². The number of nitrogens with zero attached hydrogens (tertiary/aromatic N) is 1. The summed E-state index contributed by atoms with van der Waals surface area (Å²) in [4.78, 5) is 2.79. The lowest BCUT2D eigenvalue weighted by Gasteiger charge is -2.18. The summed E-state index contributed by atoms with van der Waals surface area (Å²) in [7, 11) is 2.13. The van der Waals surface area contributed by atoms with Crippen molar-refractivity contribution in [2.45, 2.75) is 26.3 Å². The number of benzene rings is 1. The highest BCUT2D eigenvalue weighted by Gasteiger charge is 2.06. The summed E-state index contributed by atoms with van der Waals surface area (Å²) in [5.74, 6) is 0. The molecule has 0 saturated carbocycles. The van der Waals surface area contributed by atoms with Gasteiger partial charge in [-0.15, -0.1) is 0 Å². The molecule has 0 aromatic heterocycles. The van der Waals surface area contributed by atoms with Crippen molar-refractivity contribution in [2.75, 3.05) is 13.6 Å². The first kappa shape index (κ1) is 13.1. The molecule has 0 amide bonds. The van der Waals surface area contributed by atoms with Crippen molar-refractivity contribution < 1.29 is 0 Å². The van der Waals surface area contributed by atoms with E-state index in [1.807, 2.05) is 18.2 Å². The summed E-state index contributed by atoms with van der Waals surface area (Å²) < 4.78 is 0. The molecular weight excluding hydrogens is 216 g/mol. The van der Waals surface area contributed by atoms with Crippen LogP contribution in [0.25, 0.3) is 0 Å². The number of hydrogen-bond acceptors (Lipinski definition) is 2. The quantitative estimate of drug-likeness (QED) is 0.770. The predicted octanol–water partition coefficient (Wildman–Crippen LogP) is 2.55. The molecular formula is C13H20N2S. The number of thiocarbonyl (C=S) groups is 1. The second kappa shape index (κ2) is 6.61. The van der Waals surface area contributed by atoms with Crippen molar-refractivity contribution in [1.82, 2.24) is 4.90 Å². The maximum absolute atomic E-state index is 5.70. The third-order valence-corrected chi connectivity index (χ3v) is 2.84. The first-order valence-corrected chi connectivity index (χ1v) is 6.12. The van der Waals surface area contributed by atoms with Crippen LogP contribution in [0.1, 0.15) is 30.9 Å². The highest BCUT2D eigenvalue weighted by atomic mass is 32.1. The summed E-state index contributed by atoms with van der Waals surface area (Å²) in [6, 6.07) is 8.09. The van der Waals surface area contributed by atoms with Gasteiger partial charge in [-0.25, -0.2) is 0 Å². The Bertz CT molecular complexity index is 350. The van der Waals surface area contributed by atoms with Crippen molar-refractivity contribution in [3.05, 3.63) is 35.4 Å². The Balaban J connectivity index is 2.69. The van der Waals surface area contributed by atoms with E-state index in [4.69, 9.17) is 18.0 Å². The Morgan fingerprint density at radius 1 is 1.38 bits per heavy atom. The van der Waals surface area contributed by atoms with Crippen molar-refractivity contribution in [3.8, 4) is 0 Å². The minimum absolute atomic E-state index is 0.486. The zero-order valence-corrected chi connectivity index (χ0v) is 10.9. The van der Waals surface area contributed by atoms with Crippen molar-refractivity contribution in [3.63, 3.8) is 0 Å². The molecule has 0 saturated heterocycles. The SMILES string of the molecule is CCCCN(C)Cc1ccccc1C(N)=S. The topological polar surface area (TPSA) is 29.3 Å². The molecule has 3 heteroatoms. The van der Waals surface area contributed by atoms with Crippen molar-refractivity contribution >= 4 is 17.2 Å². The number of rotatable bonds is 6. The molecule has 1 aromatic carbocycles. The van der Waals surface area contributed by atoms with Gasteiger partial charge in [0.25, 0.3) is 0 Å². The molecule has 0 spiro atoms. The van der Waals surface area contributed by atoms with E-state index in [1.165, 1.54) is 18.4 Å². The molecule has 0 radical (unpaired) electrons. The van der Waals surface area contributed by atoms with Gasteiger partial charge in [-0.3, -0.25) is 0 Å². The fourth-order valence-corrected chi connectivity index (χ4v) is 1.90. The molecule has 88 valence electrons. The first-order valence-electron chi connectivity index (χ1n) is 5.71. The van der Waals surface area contributed by atoms with Crippen LogP contribution < -0.4 is 5.73 Å². The average Bonchev–Trinajstić information content (AvgIpc) is 2.27. The number of nitrogens with two attached hydrogens (primary N) is 1. The lowest BCUT2D eigenvalue weighted by Crippen LogP contribution is -2.21. The van der Waals surface area contributed by atoms with Gasteiger partial charge in [0.15, 0.2) is 0 Å². The van der Waals surface area contributed by atoms with Crippen LogP contribution in [0.5, 0.6) is 0 Å². The normalized spacial score (nSPS) is 10.7. The molecule has 0 unspecified atom stereocenters. The molecule has 1 aromatic rings. The Hall–Kier alpha value is -0.930. The van der Waals surface area contributed by atoms with Crippen LogP contribution in [0.3, 0.4) is 0 Å². The van der Waals surface area contributed by atoms with Crippen LogP contribution in [0.2, 0.25) is 0 Å². The van der Waals surface area contributed by atoms with Gasteiger partial charge in [-0.05, 0) is 25.6 Å². The second-order valence-electron chi connectivity index (χ2n) is 4.11. The first-order chi connectivity index (χ1) is 7.65. The number of hydrogen-bond donors (Lipinski definition) is 1. The monoisotopic (exact) mass is 236 g/mol. The molecule has 0 aliphatic heterocycles. The van der Waals surface area contributed by atoms with E-state index in [-0.39, 0.29) is 0 Å². The summed E-state index contributed by atoms with van der Waals surface area (Å²) in [6.45, 7) is 4.23. The highest BCUT2D eigenvalue weighted by molar-refractivity contribution is 7.80. The largest absolute Gasteiger partial charge is 0.389 e. The molecule has 0 heterocycles. The Labute approximate surface area is 103 Å². The average molecular weight is 236 g/mol. The predicted molar refractivity (Wildman–Crippen MR) is 73.6 cm³/mol. The standard InChI is InChI=1S/C13H20N2S/c1-3-4-9-15(2)10-11-7-5-6-8-12(11)13(14)16/h5-8H,3-4,9-10H2,1-2H3,(H2,14,16). The van der Waals surface area contributed by atoms with E-state index in [1.54, 1.807) is 0 Å². The van der Waals surface area contributed by atoms with Gasteiger partial charge < -0.3 is 10.6 Å². The van der Waals surface area contributed by atoms with Crippen molar-refractivity contribution in [1.29, 1.82) is 0 Å². The van der Waals surface area contributed by atoms with Crippen LogP contribution >= 0.6 is 12.2 Å². The smallest absolute Gasteiger partial charge is 0.104 e. The van der Waals surface area contributed by atoms with Crippen molar-refractivity contribution in [2.24, 2.45) is 5.73 Å². The van der Waals surface area contributed by atoms with E-state index in [0.29, 0.717) is 4.99 Å². The molecule has 0 atom stereocenters. The zero-order valence-electron chi connectivity index (χ0n) is 10.1. The van der Waals surface area contributed by atoms with E-state index in [0.717, 1.165) is 18.7 Å².